The molecular formula is C24H28N6O5S. The number of hydrogen-bond donors (Lipinski definition) is 3. The molecule has 2 aromatic carbocycles. The van der Waals surface area contributed by atoms with Crippen LogP contribution in [0.4, 0.5) is 11.4 Å². The molecule has 0 saturated carbocycles. The third-order valence-corrected chi connectivity index (χ3v) is 6.36. The Morgan fingerprint density at radius 3 is 2.47 bits per heavy atom. The number of carbonyl (C=O) groups is 2. The lowest BCUT2D eigenvalue weighted by Crippen LogP contribution is -2.33. The SMILES string of the molecule is CCn1c(SCC(=O)Nc2ccc(O)c([N+](=O)[O-])c2)nnc1[C@@H](NC(=O)c1ccc(C)cc1)C(C)C. The van der Waals surface area contributed by atoms with Crippen molar-refractivity contribution in [3.8, 4) is 5.75 Å². The maximum absolute atomic E-state index is 12.8. The van der Waals surface area contributed by atoms with E-state index < -0.39 is 28.3 Å². The molecule has 11 nitrogen and oxygen atoms in total. The number of phenolic OH excluding ortho intramolecular Hbond substituents is 1. The molecule has 0 saturated heterocycles. The van der Waals surface area contributed by atoms with Gasteiger partial charge in [-0.25, -0.2) is 0 Å². The van der Waals surface area contributed by atoms with Crippen LogP contribution in [0, 0.1) is 23.0 Å². The van der Waals surface area contributed by atoms with Gasteiger partial charge in [0.1, 0.15) is 0 Å². The summed E-state index contributed by atoms with van der Waals surface area (Å²) in [5.41, 5.74) is 1.31. The Labute approximate surface area is 212 Å². The molecule has 3 N–H and O–H groups in total. The number of nitro groups is 1. The van der Waals surface area contributed by atoms with E-state index in [0.29, 0.717) is 23.1 Å². The summed E-state index contributed by atoms with van der Waals surface area (Å²) in [4.78, 5) is 35.6. The molecule has 1 aromatic heterocycles. The number of phenols is 1. The normalized spacial score (nSPS) is 11.8. The Hall–Kier alpha value is -3.93. The van der Waals surface area contributed by atoms with E-state index in [1.54, 1.807) is 12.1 Å². The number of carbonyl (C=O) groups excluding carboxylic acids is 2. The van der Waals surface area contributed by atoms with Gasteiger partial charge in [-0.1, -0.05) is 43.3 Å². The number of hydrogen-bond acceptors (Lipinski definition) is 8. The number of aryl methyl sites for hydroxylation is 1. The molecule has 1 heterocycles. The van der Waals surface area contributed by atoms with Gasteiger partial charge in [-0.05, 0) is 44.0 Å². The molecule has 0 aliphatic carbocycles. The smallest absolute Gasteiger partial charge is 0.312 e. The van der Waals surface area contributed by atoms with E-state index in [1.165, 1.54) is 6.07 Å². The summed E-state index contributed by atoms with van der Waals surface area (Å²) in [6.07, 6.45) is 0. The highest BCUT2D eigenvalue weighted by atomic mass is 32.2. The summed E-state index contributed by atoms with van der Waals surface area (Å²) in [5, 5.41) is 35.2. The van der Waals surface area contributed by atoms with E-state index in [9.17, 15) is 24.8 Å². The monoisotopic (exact) mass is 512 g/mol. The summed E-state index contributed by atoms with van der Waals surface area (Å²) in [6.45, 7) is 8.36. The van der Waals surface area contributed by atoms with Gasteiger partial charge in [0.2, 0.25) is 5.91 Å². The van der Waals surface area contributed by atoms with Crippen LogP contribution in [-0.4, -0.2) is 42.4 Å². The Kier molecular flexibility index (Phi) is 8.64. The van der Waals surface area contributed by atoms with Gasteiger partial charge in [-0.3, -0.25) is 19.7 Å². The van der Waals surface area contributed by atoms with Gasteiger partial charge in [0, 0.05) is 23.9 Å². The minimum absolute atomic E-state index is 0.0190. The fourth-order valence-corrected chi connectivity index (χ4v) is 4.28. The lowest BCUT2D eigenvalue weighted by molar-refractivity contribution is -0.385. The van der Waals surface area contributed by atoms with Crippen molar-refractivity contribution in [3.05, 3.63) is 69.5 Å². The Balaban J connectivity index is 1.70. The number of rotatable bonds is 10. The van der Waals surface area contributed by atoms with Crippen molar-refractivity contribution in [2.45, 2.75) is 45.4 Å². The molecule has 0 bridgehead atoms. The fraction of sp³-hybridized carbons (Fsp3) is 0.333. The predicted octanol–water partition coefficient (Wildman–Crippen LogP) is 4.08. The molecule has 0 spiro atoms. The first kappa shape index (κ1) is 26.7. The van der Waals surface area contributed by atoms with E-state index in [2.05, 4.69) is 20.8 Å². The van der Waals surface area contributed by atoms with E-state index in [4.69, 9.17) is 0 Å². The molecule has 0 aliphatic rings. The van der Waals surface area contributed by atoms with Gasteiger partial charge in [-0.2, -0.15) is 0 Å². The van der Waals surface area contributed by atoms with Crippen LogP contribution in [0.1, 0.15) is 48.6 Å². The van der Waals surface area contributed by atoms with Crippen molar-refractivity contribution < 1.29 is 19.6 Å². The number of benzene rings is 2. The number of nitro benzene ring substituents is 1. The van der Waals surface area contributed by atoms with Gasteiger partial charge in [0.05, 0.1) is 16.7 Å². The Morgan fingerprint density at radius 2 is 1.86 bits per heavy atom. The number of nitrogens with one attached hydrogen (secondary N) is 2. The lowest BCUT2D eigenvalue weighted by Gasteiger charge is -2.22. The van der Waals surface area contributed by atoms with Crippen molar-refractivity contribution in [2.75, 3.05) is 11.1 Å². The molecule has 0 fully saturated rings. The summed E-state index contributed by atoms with van der Waals surface area (Å²) in [6, 6.07) is 10.5. The summed E-state index contributed by atoms with van der Waals surface area (Å²) in [5.74, 6) is -0.499. The second-order valence-electron chi connectivity index (χ2n) is 8.44. The van der Waals surface area contributed by atoms with E-state index in [0.717, 1.165) is 29.5 Å². The molecule has 3 aromatic rings. The molecule has 2 amide bonds. The first-order valence-corrected chi connectivity index (χ1v) is 12.3. The van der Waals surface area contributed by atoms with E-state index in [-0.39, 0.29) is 23.3 Å². The van der Waals surface area contributed by atoms with Crippen LogP contribution < -0.4 is 10.6 Å². The van der Waals surface area contributed by atoms with Gasteiger partial charge < -0.3 is 20.3 Å². The molecule has 0 unspecified atom stereocenters. The second kappa shape index (κ2) is 11.7. The average molecular weight is 513 g/mol. The summed E-state index contributed by atoms with van der Waals surface area (Å²) >= 11 is 1.16. The van der Waals surface area contributed by atoms with Crippen LogP contribution in [0.2, 0.25) is 0 Å². The van der Waals surface area contributed by atoms with Crippen molar-refractivity contribution in [1.29, 1.82) is 0 Å². The Morgan fingerprint density at radius 1 is 1.17 bits per heavy atom. The van der Waals surface area contributed by atoms with Crippen LogP contribution in [-0.2, 0) is 11.3 Å². The second-order valence-corrected chi connectivity index (χ2v) is 9.39. The van der Waals surface area contributed by atoms with Crippen LogP contribution in [0.5, 0.6) is 5.75 Å². The largest absolute Gasteiger partial charge is 0.502 e. The summed E-state index contributed by atoms with van der Waals surface area (Å²) in [7, 11) is 0. The highest BCUT2D eigenvalue weighted by Gasteiger charge is 2.26. The van der Waals surface area contributed by atoms with Gasteiger partial charge in [0.25, 0.3) is 5.91 Å². The topological polar surface area (TPSA) is 152 Å². The van der Waals surface area contributed by atoms with Gasteiger partial charge in [-0.15, -0.1) is 10.2 Å². The molecule has 1 atom stereocenters. The third kappa shape index (κ3) is 6.39. The minimum atomic E-state index is -0.728. The zero-order valence-corrected chi connectivity index (χ0v) is 21.2. The standard InChI is InChI=1S/C24H28N6O5S/c1-5-29-22(21(14(2)3)26-23(33)16-8-6-15(4)7-9-16)27-28-24(29)36-13-20(32)25-17-10-11-19(31)18(12-17)30(34)35/h6-12,14,21,31H,5,13H2,1-4H3,(H,25,32)(H,26,33)/t21-/m0/s1. The van der Waals surface area contributed by atoms with Crippen LogP contribution in [0.15, 0.2) is 47.6 Å². The first-order chi connectivity index (χ1) is 17.1. The first-order valence-electron chi connectivity index (χ1n) is 11.3. The zero-order chi connectivity index (χ0) is 26.4. The van der Waals surface area contributed by atoms with Crippen molar-refractivity contribution in [2.24, 2.45) is 5.92 Å². The number of amides is 2. The quantitative estimate of drug-likeness (QED) is 0.159. The van der Waals surface area contributed by atoms with Gasteiger partial charge in [0.15, 0.2) is 16.7 Å². The average Bonchev–Trinajstić information content (AvgIpc) is 3.24. The third-order valence-electron chi connectivity index (χ3n) is 5.40. The predicted molar refractivity (Wildman–Crippen MR) is 136 cm³/mol. The summed E-state index contributed by atoms with van der Waals surface area (Å²) < 4.78 is 1.85. The van der Waals surface area contributed by atoms with E-state index >= 15 is 0 Å². The highest BCUT2D eigenvalue weighted by Crippen LogP contribution is 2.29. The van der Waals surface area contributed by atoms with Crippen LogP contribution >= 0.6 is 11.8 Å². The van der Waals surface area contributed by atoms with Gasteiger partial charge >= 0.3 is 5.69 Å². The molecular weight excluding hydrogens is 484 g/mol. The number of anilines is 1. The molecule has 12 heteroatoms. The number of aromatic hydroxyl groups is 1. The molecule has 0 aliphatic heterocycles. The number of aromatic nitrogens is 3. The van der Waals surface area contributed by atoms with Crippen molar-refractivity contribution >= 4 is 35.0 Å². The maximum atomic E-state index is 12.8. The molecule has 0 radical (unpaired) electrons. The number of thioether (sulfide) groups is 1. The van der Waals surface area contributed by atoms with Crippen molar-refractivity contribution in [1.82, 2.24) is 20.1 Å². The Bertz CT molecular complexity index is 1260. The number of nitrogens with zero attached hydrogens (tertiary/aromatic N) is 4. The highest BCUT2D eigenvalue weighted by molar-refractivity contribution is 7.99. The van der Waals surface area contributed by atoms with Crippen LogP contribution in [0.25, 0.3) is 0 Å². The lowest BCUT2D eigenvalue weighted by atomic mass is 10.0. The fourth-order valence-electron chi connectivity index (χ4n) is 3.47. The molecule has 190 valence electrons. The van der Waals surface area contributed by atoms with Crippen molar-refractivity contribution in [3.63, 3.8) is 0 Å². The van der Waals surface area contributed by atoms with Crippen LogP contribution in [0.3, 0.4) is 0 Å². The van der Waals surface area contributed by atoms with E-state index in [1.807, 2.05) is 44.4 Å². The molecule has 3 rings (SSSR count). The molecule has 36 heavy (non-hydrogen) atoms. The maximum Gasteiger partial charge on any atom is 0.312 e. The zero-order valence-electron chi connectivity index (χ0n) is 20.4. The minimum Gasteiger partial charge on any atom is -0.502 e.